The van der Waals surface area contributed by atoms with Gasteiger partial charge in [0.25, 0.3) is 0 Å². The molecule has 2 atom stereocenters. The Bertz CT molecular complexity index is 637. The summed E-state index contributed by atoms with van der Waals surface area (Å²) >= 11 is 0. The van der Waals surface area contributed by atoms with Crippen LogP contribution in [0.5, 0.6) is 0 Å². The molecule has 1 aliphatic rings. The van der Waals surface area contributed by atoms with Gasteiger partial charge >= 0.3 is 11.9 Å². The van der Waals surface area contributed by atoms with Crippen LogP contribution in [0.3, 0.4) is 0 Å². The Kier molecular flexibility index (Phi) is 7.79. The Hall–Kier alpha value is -2.41. The van der Waals surface area contributed by atoms with Crippen molar-refractivity contribution in [3.05, 3.63) is 35.9 Å². The van der Waals surface area contributed by atoms with Crippen LogP contribution in [0.4, 0.5) is 0 Å². The van der Waals surface area contributed by atoms with Crippen molar-refractivity contribution in [3.63, 3.8) is 0 Å². The van der Waals surface area contributed by atoms with E-state index in [1.54, 1.807) is 0 Å². The Balaban J connectivity index is 1.79. The van der Waals surface area contributed by atoms with Crippen molar-refractivity contribution in [2.24, 2.45) is 11.8 Å². The average Bonchev–Trinajstić information content (AvgIpc) is 2.70. The number of carbonyl (C=O) groups is 3. The zero-order chi connectivity index (χ0) is 19.8. The van der Waals surface area contributed by atoms with E-state index in [-0.39, 0.29) is 30.3 Å². The smallest absolute Gasteiger partial charge is 0.331 e. The maximum absolute atomic E-state index is 12.4. The number of nitrogens with one attached hydrogen (secondary N) is 1. The van der Waals surface area contributed by atoms with E-state index in [4.69, 9.17) is 4.74 Å². The molecule has 0 heterocycles. The lowest BCUT2D eigenvalue weighted by Gasteiger charge is -2.28. The summed E-state index contributed by atoms with van der Waals surface area (Å²) < 4.78 is 9.97. The number of esters is 2. The fourth-order valence-electron chi connectivity index (χ4n) is 3.21. The molecule has 0 spiro atoms. The maximum Gasteiger partial charge on any atom is 0.331 e. The molecule has 0 bridgehead atoms. The lowest BCUT2D eigenvalue weighted by Crippen LogP contribution is -2.50. The minimum atomic E-state index is -1.09. The third-order valence-corrected chi connectivity index (χ3v) is 4.89. The molecule has 0 saturated heterocycles. The van der Waals surface area contributed by atoms with E-state index in [9.17, 15) is 19.5 Å². The molecule has 2 N–H and O–H groups in total. The first-order chi connectivity index (χ1) is 12.9. The standard InChI is InChI=1S/C20H27NO6/c1-13(22)17(20(25)26-2)21-18(23)15-8-10-16(11-9-15)19(24)27-12-14-6-4-3-5-7-14/h3-7,13,15-17,22H,8-12H2,1-2H3,(H,21,23). The van der Waals surface area contributed by atoms with Gasteiger partial charge in [0.1, 0.15) is 6.61 Å². The van der Waals surface area contributed by atoms with E-state index in [0.717, 1.165) is 5.56 Å². The molecule has 7 nitrogen and oxygen atoms in total. The van der Waals surface area contributed by atoms with Gasteiger partial charge in [-0.05, 0) is 38.2 Å². The summed E-state index contributed by atoms with van der Waals surface area (Å²) in [6, 6.07) is 8.39. The van der Waals surface area contributed by atoms with E-state index in [1.807, 2.05) is 30.3 Å². The van der Waals surface area contributed by atoms with Crippen molar-refractivity contribution < 1.29 is 29.0 Å². The second-order valence-electron chi connectivity index (χ2n) is 6.89. The molecule has 1 fully saturated rings. The van der Waals surface area contributed by atoms with Gasteiger partial charge < -0.3 is 19.9 Å². The molecule has 1 aliphatic carbocycles. The Morgan fingerprint density at radius 1 is 1.11 bits per heavy atom. The first-order valence-electron chi connectivity index (χ1n) is 9.19. The molecule has 1 aromatic carbocycles. The van der Waals surface area contributed by atoms with Crippen LogP contribution in [0.1, 0.15) is 38.2 Å². The molecule has 0 radical (unpaired) electrons. The molecule has 2 rings (SSSR count). The van der Waals surface area contributed by atoms with Gasteiger partial charge in [-0.3, -0.25) is 9.59 Å². The van der Waals surface area contributed by atoms with Gasteiger partial charge in [0.05, 0.1) is 19.1 Å². The van der Waals surface area contributed by atoms with Crippen LogP contribution in [0.2, 0.25) is 0 Å². The number of aliphatic hydroxyl groups excluding tert-OH is 1. The second-order valence-corrected chi connectivity index (χ2v) is 6.89. The highest BCUT2D eigenvalue weighted by Crippen LogP contribution is 2.30. The number of rotatable bonds is 7. The fourth-order valence-corrected chi connectivity index (χ4v) is 3.21. The lowest BCUT2D eigenvalue weighted by atomic mass is 9.81. The van der Waals surface area contributed by atoms with Crippen LogP contribution in [-0.4, -0.2) is 42.2 Å². The van der Waals surface area contributed by atoms with Crippen LogP contribution in [0, 0.1) is 11.8 Å². The topological polar surface area (TPSA) is 102 Å². The van der Waals surface area contributed by atoms with Gasteiger partial charge in [0.15, 0.2) is 6.04 Å². The Morgan fingerprint density at radius 3 is 2.26 bits per heavy atom. The van der Waals surface area contributed by atoms with Crippen molar-refractivity contribution >= 4 is 17.8 Å². The Labute approximate surface area is 159 Å². The first-order valence-corrected chi connectivity index (χ1v) is 9.19. The van der Waals surface area contributed by atoms with E-state index in [2.05, 4.69) is 10.1 Å². The summed E-state index contributed by atoms with van der Waals surface area (Å²) in [5.41, 5.74) is 0.936. The molecule has 1 saturated carbocycles. The minimum absolute atomic E-state index is 0.217. The molecule has 1 aromatic rings. The Morgan fingerprint density at radius 2 is 1.70 bits per heavy atom. The lowest BCUT2D eigenvalue weighted by molar-refractivity contribution is -0.152. The number of ether oxygens (including phenoxy) is 2. The highest BCUT2D eigenvalue weighted by molar-refractivity contribution is 5.86. The van der Waals surface area contributed by atoms with E-state index < -0.39 is 18.1 Å². The van der Waals surface area contributed by atoms with Gasteiger partial charge in [-0.2, -0.15) is 0 Å². The third kappa shape index (κ3) is 6.06. The van der Waals surface area contributed by atoms with Crippen LogP contribution >= 0.6 is 0 Å². The number of amides is 1. The molecule has 0 aromatic heterocycles. The van der Waals surface area contributed by atoms with Gasteiger partial charge in [0, 0.05) is 5.92 Å². The number of methoxy groups -OCH3 is 1. The van der Waals surface area contributed by atoms with Gasteiger partial charge in [-0.25, -0.2) is 4.79 Å². The molecule has 2 unspecified atom stereocenters. The summed E-state index contributed by atoms with van der Waals surface area (Å²) in [6.45, 7) is 1.66. The van der Waals surface area contributed by atoms with Crippen molar-refractivity contribution in [1.29, 1.82) is 0 Å². The molecule has 7 heteroatoms. The normalized spacial score (nSPS) is 21.6. The number of hydrogen-bond acceptors (Lipinski definition) is 6. The summed E-state index contributed by atoms with van der Waals surface area (Å²) in [6.07, 6.45) is 1.13. The number of carbonyl (C=O) groups excluding carboxylic acids is 3. The van der Waals surface area contributed by atoms with Gasteiger partial charge in [-0.15, -0.1) is 0 Å². The summed E-state index contributed by atoms with van der Waals surface area (Å²) in [4.78, 5) is 36.2. The highest BCUT2D eigenvalue weighted by Gasteiger charge is 2.34. The molecule has 27 heavy (non-hydrogen) atoms. The number of aliphatic hydroxyl groups is 1. The SMILES string of the molecule is COC(=O)C(NC(=O)C1CCC(C(=O)OCc2ccccc2)CC1)C(C)O. The van der Waals surface area contributed by atoms with Gasteiger partial charge in [0.2, 0.25) is 5.91 Å². The second kappa shape index (κ2) is 10.1. The van der Waals surface area contributed by atoms with Gasteiger partial charge in [-0.1, -0.05) is 30.3 Å². The van der Waals surface area contributed by atoms with Crippen molar-refractivity contribution in [3.8, 4) is 0 Å². The van der Waals surface area contributed by atoms with Crippen LogP contribution in [-0.2, 0) is 30.5 Å². The largest absolute Gasteiger partial charge is 0.467 e. The molecule has 1 amide bonds. The zero-order valence-electron chi connectivity index (χ0n) is 15.7. The van der Waals surface area contributed by atoms with Crippen LogP contribution in [0.15, 0.2) is 30.3 Å². The summed E-state index contributed by atoms with van der Waals surface area (Å²) in [5.74, 6) is -1.74. The zero-order valence-corrected chi connectivity index (χ0v) is 15.7. The van der Waals surface area contributed by atoms with E-state index in [1.165, 1.54) is 14.0 Å². The minimum Gasteiger partial charge on any atom is -0.467 e. The molecular formula is C20H27NO6. The average molecular weight is 377 g/mol. The number of hydrogen-bond donors (Lipinski definition) is 2. The van der Waals surface area contributed by atoms with Crippen molar-refractivity contribution in [2.75, 3.05) is 7.11 Å². The van der Waals surface area contributed by atoms with E-state index >= 15 is 0 Å². The summed E-state index contributed by atoms with van der Waals surface area (Å²) in [5, 5.41) is 12.2. The predicted octanol–water partition coefficient (Wildman–Crippen LogP) is 1.57. The first kappa shape index (κ1) is 20.9. The molecular weight excluding hydrogens is 350 g/mol. The molecule has 0 aliphatic heterocycles. The fraction of sp³-hybridized carbons (Fsp3) is 0.550. The monoisotopic (exact) mass is 377 g/mol. The maximum atomic E-state index is 12.4. The predicted molar refractivity (Wildman–Crippen MR) is 97.3 cm³/mol. The third-order valence-electron chi connectivity index (χ3n) is 4.89. The highest BCUT2D eigenvalue weighted by atomic mass is 16.5. The van der Waals surface area contributed by atoms with Crippen LogP contribution < -0.4 is 5.32 Å². The van der Waals surface area contributed by atoms with Crippen LogP contribution in [0.25, 0.3) is 0 Å². The quantitative estimate of drug-likeness (QED) is 0.700. The molecule has 148 valence electrons. The van der Waals surface area contributed by atoms with E-state index in [0.29, 0.717) is 25.7 Å². The van der Waals surface area contributed by atoms with Crippen molar-refractivity contribution in [1.82, 2.24) is 5.32 Å². The summed E-state index contributed by atoms with van der Waals surface area (Å²) in [7, 11) is 1.20. The number of benzene rings is 1. The van der Waals surface area contributed by atoms with Crippen molar-refractivity contribution in [2.45, 2.75) is 51.4 Å².